The largest absolute Gasteiger partial charge is 0.497 e. The Kier molecular flexibility index (Phi) is 4.50. The number of piperazine rings is 1. The Morgan fingerprint density at radius 1 is 1.23 bits per heavy atom. The van der Waals surface area contributed by atoms with Gasteiger partial charge >= 0.3 is 0 Å². The van der Waals surface area contributed by atoms with Gasteiger partial charge < -0.3 is 19.5 Å². The summed E-state index contributed by atoms with van der Waals surface area (Å²) in [5.41, 5.74) is 2.69. The van der Waals surface area contributed by atoms with E-state index < -0.39 is 11.6 Å². The first-order chi connectivity index (χ1) is 14.5. The third-order valence-corrected chi connectivity index (χ3v) is 6.00. The van der Waals surface area contributed by atoms with Crippen molar-refractivity contribution in [1.29, 1.82) is 0 Å². The first kappa shape index (κ1) is 19.1. The summed E-state index contributed by atoms with van der Waals surface area (Å²) in [6.45, 7) is 6.36. The lowest BCUT2D eigenvalue weighted by Gasteiger charge is -2.34. The molecule has 1 fully saturated rings. The fourth-order valence-electron chi connectivity index (χ4n) is 4.55. The zero-order chi connectivity index (χ0) is 21.0. The quantitative estimate of drug-likeness (QED) is 0.544. The van der Waals surface area contributed by atoms with E-state index in [0.29, 0.717) is 42.8 Å². The lowest BCUT2D eigenvalue weighted by Crippen LogP contribution is -2.49. The van der Waals surface area contributed by atoms with Gasteiger partial charge in [-0.05, 0) is 38.1 Å². The molecule has 2 aromatic carbocycles. The molecule has 5 nitrogen and oxygen atoms in total. The van der Waals surface area contributed by atoms with Crippen LogP contribution in [0.2, 0.25) is 0 Å². The monoisotopic (exact) mass is 410 g/mol. The molecule has 1 unspecified atom stereocenters. The van der Waals surface area contributed by atoms with Crippen molar-refractivity contribution in [2.45, 2.75) is 26.4 Å². The van der Waals surface area contributed by atoms with Gasteiger partial charge in [0.2, 0.25) is 0 Å². The predicted molar refractivity (Wildman–Crippen MR) is 116 cm³/mol. The lowest BCUT2D eigenvalue weighted by molar-refractivity contribution is 0.415. The maximum absolute atomic E-state index is 15.8. The molecular weight excluding hydrogens is 386 g/mol. The summed E-state index contributed by atoms with van der Waals surface area (Å²) in [5.74, 6) is -0.346. The van der Waals surface area contributed by atoms with Crippen molar-refractivity contribution in [1.82, 2.24) is 14.9 Å². The average Bonchev–Trinajstić information content (AvgIpc) is 3.11. The molecule has 0 aliphatic carbocycles. The third-order valence-electron chi connectivity index (χ3n) is 6.00. The van der Waals surface area contributed by atoms with Crippen molar-refractivity contribution in [3.8, 4) is 17.0 Å². The van der Waals surface area contributed by atoms with Crippen LogP contribution in [0.3, 0.4) is 0 Å². The molecule has 3 aliphatic rings. The molecule has 1 N–H and O–H groups in total. The maximum Gasteiger partial charge on any atom is 0.173 e. The molecule has 3 aliphatic heterocycles. The van der Waals surface area contributed by atoms with Crippen LogP contribution in [-0.4, -0.2) is 42.3 Å². The molecule has 1 atom stereocenters. The number of methoxy groups -OCH3 is 1. The number of pyridine rings is 1. The van der Waals surface area contributed by atoms with Crippen molar-refractivity contribution >= 4 is 27.5 Å². The zero-order valence-electron chi connectivity index (χ0n) is 17.3. The summed E-state index contributed by atoms with van der Waals surface area (Å²) in [7, 11) is 1.62. The van der Waals surface area contributed by atoms with E-state index in [4.69, 9.17) is 9.72 Å². The number of fused-ring (bicyclic) bond motifs is 5. The summed E-state index contributed by atoms with van der Waals surface area (Å²) >= 11 is 0. The van der Waals surface area contributed by atoms with Crippen LogP contribution in [0.25, 0.3) is 33.1 Å². The summed E-state index contributed by atoms with van der Waals surface area (Å²) in [4.78, 5) is 6.51. The fraction of sp³-hybridized carbons (Fsp3) is 0.348. The molecule has 156 valence electrons. The van der Waals surface area contributed by atoms with E-state index in [1.54, 1.807) is 12.0 Å². The highest BCUT2D eigenvalue weighted by Gasteiger charge is 2.27. The van der Waals surface area contributed by atoms with E-state index in [1.807, 2.05) is 42.8 Å². The average molecular weight is 410 g/mol. The standard InChI is InChI=1S/C23H24F2N4O/c1-4-28-12-17-15-9-14(30-3)5-6-19(15)27-21(17)16-10-18(24)23(20(25)22(16)28)29-8-7-26-13(2)11-29/h5-6,9-10,12-13,26H,4,7-8,11H2,1-3H3. The number of rotatable bonds is 3. The number of aromatic nitrogens is 2. The van der Waals surface area contributed by atoms with Crippen molar-refractivity contribution < 1.29 is 13.5 Å². The van der Waals surface area contributed by atoms with Crippen LogP contribution in [-0.2, 0) is 6.54 Å². The highest BCUT2D eigenvalue weighted by atomic mass is 19.1. The van der Waals surface area contributed by atoms with Gasteiger partial charge in [-0.15, -0.1) is 0 Å². The Labute approximate surface area is 173 Å². The molecule has 7 heteroatoms. The van der Waals surface area contributed by atoms with Crippen LogP contribution in [0.1, 0.15) is 13.8 Å². The second-order valence-corrected chi connectivity index (χ2v) is 7.89. The Morgan fingerprint density at radius 2 is 2.07 bits per heavy atom. The molecule has 2 aromatic rings. The number of aryl methyl sites for hydroxylation is 1. The Morgan fingerprint density at radius 3 is 2.80 bits per heavy atom. The molecule has 0 bridgehead atoms. The molecule has 1 saturated heterocycles. The molecule has 0 amide bonds. The minimum absolute atomic E-state index is 0.0511. The van der Waals surface area contributed by atoms with Crippen LogP contribution in [0.4, 0.5) is 14.5 Å². The first-order valence-electron chi connectivity index (χ1n) is 10.3. The first-order valence-corrected chi connectivity index (χ1v) is 10.3. The highest BCUT2D eigenvalue weighted by molar-refractivity contribution is 6.07. The predicted octanol–water partition coefficient (Wildman–Crippen LogP) is 4.40. The number of halogens is 2. The molecular formula is C23H24F2N4O. The smallest absolute Gasteiger partial charge is 0.173 e. The van der Waals surface area contributed by atoms with Crippen molar-refractivity contribution in [2.75, 3.05) is 31.6 Å². The van der Waals surface area contributed by atoms with E-state index in [9.17, 15) is 0 Å². The van der Waals surface area contributed by atoms with Crippen LogP contribution in [0.15, 0.2) is 30.5 Å². The number of ether oxygens (including phenoxy) is 1. The lowest BCUT2D eigenvalue weighted by atomic mass is 10.0. The SMILES string of the molecule is CCn1cc2c3cc(OC)ccc3nc-2c2cc(F)c(N3CCNC(C)C3)c(F)c21. The Hall–Kier alpha value is -2.93. The normalized spacial score (nSPS) is 17.4. The molecule has 0 aromatic heterocycles. The third kappa shape index (κ3) is 2.80. The number of anilines is 1. The van der Waals surface area contributed by atoms with Gasteiger partial charge in [0, 0.05) is 54.8 Å². The molecule has 0 radical (unpaired) electrons. The minimum Gasteiger partial charge on any atom is -0.497 e. The van der Waals surface area contributed by atoms with Gasteiger partial charge in [-0.25, -0.2) is 13.8 Å². The number of nitrogens with zero attached hydrogens (tertiary/aromatic N) is 3. The molecule has 0 spiro atoms. The van der Waals surface area contributed by atoms with E-state index in [1.165, 1.54) is 6.07 Å². The summed E-state index contributed by atoms with van der Waals surface area (Å²) in [5, 5.41) is 4.72. The van der Waals surface area contributed by atoms with Gasteiger partial charge in [-0.2, -0.15) is 0 Å². The molecule has 30 heavy (non-hydrogen) atoms. The van der Waals surface area contributed by atoms with Crippen LogP contribution in [0.5, 0.6) is 5.75 Å². The molecule has 3 heterocycles. The second kappa shape index (κ2) is 7.09. The van der Waals surface area contributed by atoms with Gasteiger partial charge in [0.15, 0.2) is 5.82 Å². The van der Waals surface area contributed by atoms with Gasteiger partial charge in [0.1, 0.15) is 17.3 Å². The number of hydrogen-bond acceptors (Lipinski definition) is 4. The summed E-state index contributed by atoms with van der Waals surface area (Å²) in [6, 6.07) is 7.25. The fourth-order valence-corrected chi connectivity index (χ4v) is 4.55. The topological polar surface area (TPSA) is 42.3 Å². The van der Waals surface area contributed by atoms with Crippen molar-refractivity contribution in [3.05, 3.63) is 42.1 Å². The highest BCUT2D eigenvalue weighted by Crippen LogP contribution is 2.41. The van der Waals surface area contributed by atoms with Crippen LogP contribution >= 0.6 is 0 Å². The van der Waals surface area contributed by atoms with Gasteiger partial charge in [0.05, 0.1) is 23.8 Å². The minimum atomic E-state index is -0.547. The molecule has 0 saturated carbocycles. The zero-order valence-corrected chi connectivity index (χ0v) is 17.3. The van der Waals surface area contributed by atoms with Gasteiger partial charge in [-0.1, -0.05) is 0 Å². The van der Waals surface area contributed by atoms with Crippen LogP contribution in [0, 0.1) is 11.6 Å². The molecule has 5 rings (SSSR count). The Balaban J connectivity index is 1.81. The summed E-state index contributed by atoms with van der Waals surface area (Å²) < 4.78 is 38.3. The van der Waals surface area contributed by atoms with E-state index in [0.717, 1.165) is 22.2 Å². The number of nitrogens with one attached hydrogen (secondary N) is 1. The number of benzene rings is 2. The second-order valence-electron chi connectivity index (χ2n) is 7.89. The van der Waals surface area contributed by atoms with Gasteiger partial charge in [0.25, 0.3) is 0 Å². The van der Waals surface area contributed by atoms with E-state index in [-0.39, 0.29) is 11.7 Å². The van der Waals surface area contributed by atoms with E-state index in [2.05, 4.69) is 5.32 Å². The Bertz CT molecular complexity index is 1240. The number of hydrogen-bond donors (Lipinski definition) is 1. The maximum atomic E-state index is 15.8. The van der Waals surface area contributed by atoms with Crippen molar-refractivity contribution in [3.63, 3.8) is 0 Å². The van der Waals surface area contributed by atoms with Crippen LogP contribution < -0.4 is 15.0 Å². The summed E-state index contributed by atoms with van der Waals surface area (Å²) in [6.07, 6.45) is 1.91. The van der Waals surface area contributed by atoms with Gasteiger partial charge in [-0.3, -0.25) is 0 Å². The van der Waals surface area contributed by atoms with E-state index >= 15 is 8.78 Å². The van der Waals surface area contributed by atoms with Crippen molar-refractivity contribution in [2.24, 2.45) is 0 Å².